The molecular weight excluding hydrogens is 692 g/mol. The van der Waals surface area contributed by atoms with Crippen LogP contribution in [0.1, 0.15) is 98.6 Å². The summed E-state index contributed by atoms with van der Waals surface area (Å²) in [7, 11) is 0. The van der Waals surface area contributed by atoms with Gasteiger partial charge in [0.15, 0.2) is 0 Å². The van der Waals surface area contributed by atoms with Crippen LogP contribution in [0.2, 0.25) is 0 Å². The fourth-order valence-corrected chi connectivity index (χ4v) is 7.22. The van der Waals surface area contributed by atoms with Gasteiger partial charge in [-0.15, -0.1) is 0 Å². The predicted molar refractivity (Wildman–Crippen MR) is 205 cm³/mol. The second-order valence-corrected chi connectivity index (χ2v) is 17.2. The number of anilines is 1. The number of amides is 5. The van der Waals surface area contributed by atoms with Crippen LogP contribution < -0.4 is 27.0 Å². The first-order valence-electron chi connectivity index (χ1n) is 19.1. The van der Waals surface area contributed by atoms with Gasteiger partial charge in [-0.3, -0.25) is 14.7 Å². The molecule has 296 valence electrons. The predicted octanol–water partition coefficient (Wildman–Crippen LogP) is 4.49. The van der Waals surface area contributed by atoms with Crippen molar-refractivity contribution in [3.05, 3.63) is 52.1 Å². The van der Waals surface area contributed by atoms with Crippen molar-refractivity contribution in [3.8, 4) is 5.69 Å². The van der Waals surface area contributed by atoms with E-state index in [1.54, 1.807) is 56.7 Å². The molecule has 2 aromatic rings. The molecule has 5 amide bonds. The molecule has 1 saturated heterocycles. The van der Waals surface area contributed by atoms with Crippen LogP contribution in [0.15, 0.2) is 35.3 Å². The van der Waals surface area contributed by atoms with Crippen LogP contribution in [-0.4, -0.2) is 105 Å². The minimum Gasteiger partial charge on any atom is -0.444 e. The molecule has 54 heavy (non-hydrogen) atoms. The number of nitrogens with one attached hydrogen (secondary N) is 4. The van der Waals surface area contributed by atoms with Crippen molar-refractivity contribution >= 4 is 29.9 Å². The zero-order valence-electron chi connectivity index (χ0n) is 33.0. The Morgan fingerprint density at radius 1 is 0.741 bits per heavy atom. The van der Waals surface area contributed by atoms with Gasteiger partial charge < -0.3 is 35.2 Å². The smallest absolute Gasteiger partial charge is 0.408 e. The minimum absolute atomic E-state index is 0.141. The van der Waals surface area contributed by atoms with E-state index in [4.69, 9.17) is 9.47 Å². The van der Waals surface area contributed by atoms with Crippen molar-refractivity contribution in [2.45, 2.75) is 135 Å². The van der Waals surface area contributed by atoms with Gasteiger partial charge in [-0.1, -0.05) is 6.07 Å². The Labute approximate surface area is 317 Å². The summed E-state index contributed by atoms with van der Waals surface area (Å²) < 4.78 is 12.2. The van der Waals surface area contributed by atoms with Crippen molar-refractivity contribution in [2.75, 3.05) is 31.5 Å². The van der Waals surface area contributed by atoms with Gasteiger partial charge >= 0.3 is 23.9 Å². The highest BCUT2D eigenvalue weighted by molar-refractivity contribution is 5.90. The fourth-order valence-electron chi connectivity index (χ4n) is 7.22. The summed E-state index contributed by atoms with van der Waals surface area (Å²) in [4.78, 5) is 71.1. The summed E-state index contributed by atoms with van der Waals surface area (Å²) in [6.45, 7) is 15.2. The van der Waals surface area contributed by atoms with Gasteiger partial charge in [0.1, 0.15) is 22.6 Å². The number of nitrogens with zero attached hydrogens (tertiary/aromatic N) is 4. The summed E-state index contributed by atoms with van der Waals surface area (Å²) in [6, 6.07) is 8.17. The zero-order chi connectivity index (χ0) is 39.4. The van der Waals surface area contributed by atoms with Gasteiger partial charge in [0.2, 0.25) is 5.91 Å². The van der Waals surface area contributed by atoms with Gasteiger partial charge in [-0.05, 0) is 130 Å². The van der Waals surface area contributed by atoms with Crippen molar-refractivity contribution in [1.82, 2.24) is 35.3 Å². The maximum atomic E-state index is 13.2. The van der Waals surface area contributed by atoms with Gasteiger partial charge in [-0.2, -0.15) is 4.98 Å². The number of hydrogen-bond donors (Lipinski definition) is 4. The molecule has 0 radical (unpaired) electrons. The Bertz CT molecular complexity index is 1750. The Kier molecular flexibility index (Phi) is 12.3. The second-order valence-electron chi connectivity index (χ2n) is 17.2. The average Bonchev–Trinajstić information content (AvgIpc) is 3.07. The van der Waals surface area contributed by atoms with Crippen LogP contribution >= 0.6 is 0 Å². The van der Waals surface area contributed by atoms with E-state index < -0.39 is 34.6 Å². The quantitative estimate of drug-likeness (QED) is 0.318. The van der Waals surface area contributed by atoms with Crippen LogP contribution in [-0.2, 0) is 27.1 Å². The lowest BCUT2D eigenvalue weighted by Gasteiger charge is -2.38. The lowest BCUT2D eigenvalue weighted by Crippen LogP contribution is -2.60. The summed E-state index contributed by atoms with van der Waals surface area (Å²) >= 11 is 0. The van der Waals surface area contributed by atoms with E-state index in [1.165, 1.54) is 15.7 Å². The molecule has 1 saturated carbocycles. The highest BCUT2D eigenvalue weighted by atomic mass is 16.6. The number of alkyl carbamates (subject to hydrolysis) is 2. The van der Waals surface area contributed by atoms with Crippen LogP contribution in [0, 0.1) is 0 Å². The van der Waals surface area contributed by atoms with E-state index in [9.17, 15) is 24.0 Å². The molecule has 0 spiro atoms. The molecule has 1 aromatic carbocycles. The molecule has 15 heteroatoms. The number of aryl methyl sites for hydroxylation is 1. The Morgan fingerprint density at radius 2 is 1.35 bits per heavy atom. The summed E-state index contributed by atoms with van der Waals surface area (Å²) in [5.41, 5.74) is 0.294. The standard InChI is InChI=1S/C39H58N8O7/c1-37(2,3)53-35(51)41-28-14-12-27(13-15-28)40-29-11-9-26-24-30(16-10-25(26)23-29)47-18-17-31(43-34(47)50)42-33(49)46-21-19-45(20-22-46)32(48)39(7,8)44-36(52)54-38(4,5)6/h10,16-18,24,27-29,40H,9,11-15,19-23H2,1-8H3,(H,41,51)(H,44,52)(H,42,43,49,50). The Morgan fingerprint density at radius 3 is 1.98 bits per heavy atom. The maximum absolute atomic E-state index is 13.2. The lowest BCUT2D eigenvalue weighted by atomic mass is 9.85. The molecule has 2 fully saturated rings. The lowest BCUT2D eigenvalue weighted by molar-refractivity contribution is -0.138. The first-order chi connectivity index (χ1) is 25.2. The van der Waals surface area contributed by atoms with Gasteiger partial charge in [-0.25, -0.2) is 19.2 Å². The number of carbonyl (C=O) groups is 4. The topological polar surface area (TPSA) is 176 Å². The first kappa shape index (κ1) is 40.5. The van der Waals surface area contributed by atoms with Crippen LogP contribution in [0.25, 0.3) is 5.69 Å². The van der Waals surface area contributed by atoms with Gasteiger partial charge in [0.25, 0.3) is 0 Å². The molecule has 1 unspecified atom stereocenters. The highest BCUT2D eigenvalue weighted by Gasteiger charge is 2.37. The zero-order valence-corrected chi connectivity index (χ0v) is 33.0. The summed E-state index contributed by atoms with van der Waals surface area (Å²) in [6.07, 6.45) is 7.23. The normalized spacial score (nSPS) is 20.7. The number of ether oxygens (including phenoxy) is 2. The Hall–Kier alpha value is -4.66. The Balaban J connectivity index is 1.08. The third kappa shape index (κ3) is 11.2. The number of urea groups is 1. The molecule has 1 aliphatic heterocycles. The fraction of sp³-hybridized carbons (Fsp3) is 0.641. The van der Waals surface area contributed by atoms with E-state index >= 15 is 0 Å². The minimum atomic E-state index is -1.19. The van der Waals surface area contributed by atoms with E-state index in [0.717, 1.165) is 50.6 Å². The molecule has 0 bridgehead atoms. The van der Waals surface area contributed by atoms with Crippen LogP contribution in [0.4, 0.5) is 20.2 Å². The number of rotatable bonds is 7. The summed E-state index contributed by atoms with van der Waals surface area (Å²) in [5.74, 6) is -0.133. The molecule has 1 aromatic heterocycles. The molecule has 1 atom stereocenters. The SMILES string of the molecule is CC(C)(C)OC(=O)NC1CCC(NC2CCc3cc(-n4ccc(NC(=O)N5CCN(C(=O)C(C)(C)NC(=O)OC(C)(C)C)CC5)nc4=O)ccc3C2)CC1. The molecule has 4 N–H and O–H groups in total. The largest absolute Gasteiger partial charge is 0.444 e. The van der Waals surface area contributed by atoms with Crippen molar-refractivity contribution in [3.63, 3.8) is 0 Å². The third-order valence-corrected chi connectivity index (χ3v) is 9.86. The van der Waals surface area contributed by atoms with Crippen molar-refractivity contribution < 1.29 is 28.7 Å². The van der Waals surface area contributed by atoms with E-state index in [2.05, 4.69) is 32.3 Å². The molecule has 15 nitrogen and oxygen atoms in total. The number of aromatic nitrogens is 2. The van der Waals surface area contributed by atoms with Crippen molar-refractivity contribution in [1.29, 1.82) is 0 Å². The average molecular weight is 751 g/mol. The highest BCUT2D eigenvalue weighted by Crippen LogP contribution is 2.27. The first-order valence-corrected chi connectivity index (χ1v) is 19.1. The number of piperazine rings is 1. The second kappa shape index (κ2) is 16.4. The van der Waals surface area contributed by atoms with E-state index in [1.807, 2.05) is 32.9 Å². The summed E-state index contributed by atoms with van der Waals surface area (Å²) in [5, 5.41) is 12.2. The molecular formula is C39H58N8O7. The van der Waals surface area contributed by atoms with Crippen LogP contribution in [0.3, 0.4) is 0 Å². The van der Waals surface area contributed by atoms with Gasteiger partial charge in [0, 0.05) is 50.5 Å². The van der Waals surface area contributed by atoms with E-state index in [0.29, 0.717) is 12.1 Å². The number of benzene rings is 1. The monoisotopic (exact) mass is 750 g/mol. The van der Waals surface area contributed by atoms with Crippen molar-refractivity contribution in [2.24, 2.45) is 0 Å². The number of hydrogen-bond acceptors (Lipinski definition) is 9. The third-order valence-electron chi connectivity index (χ3n) is 9.86. The maximum Gasteiger partial charge on any atom is 0.408 e. The molecule has 2 heterocycles. The molecule has 3 aliphatic rings. The number of fused-ring (bicyclic) bond motifs is 1. The van der Waals surface area contributed by atoms with E-state index in [-0.39, 0.29) is 50.0 Å². The van der Waals surface area contributed by atoms with Crippen LogP contribution in [0.5, 0.6) is 0 Å². The number of carbonyl (C=O) groups excluding carboxylic acids is 4. The molecule has 2 aliphatic carbocycles. The van der Waals surface area contributed by atoms with Gasteiger partial charge in [0.05, 0.1) is 5.69 Å². The molecule has 5 rings (SSSR count).